The molecule has 7 heteroatoms. The fraction of sp³-hybridized carbons (Fsp3) is 0.240. The number of halogens is 1. The number of rotatable bonds is 4. The van der Waals surface area contributed by atoms with E-state index in [1.165, 1.54) is 0 Å². The van der Waals surface area contributed by atoms with Gasteiger partial charge < -0.3 is 9.84 Å². The number of aromatic hydroxyl groups is 1. The highest BCUT2D eigenvalue weighted by atomic mass is 19.1. The van der Waals surface area contributed by atoms with Gasteiger partial charge in [-0.25, -0.2) is 9.37 Å². The monoisotopic (exact) mass is 430 g/mol. The Morgan fingerprint density at radius 3 is 2.75 bits per heavy atom. The molecule has 2 bridgehead atoms. The van der Waals surface area contributed by atoms with Crippen LogP contribution < -0.4 is 10.1 Å². The van der Waals surface area contributed by atoms with Crippen LogP contribution in [-0.2, 0) is 0 Å². The Morgan fingerprint density at radius 2 is 2.00 bits per heavy atom. The zero-order chi connectivity index (χ0) is 22.3. The molecule has 32 heavy (non-hydrogen) atoms. The molecule has 4 heterocycles. The van der Waals surface area contributed by atoms with Gasteiger partial charge in [-0.15, -0.1) is 0 Å². The van der Waals surface area contributed by atoms with E-state index in [1.807, 2.05) is 31.2 Å². The van der Waals surface area contributed by atoms with Crippen molar-refractivity contribution in [1.29, 1.82) is 0 Å². The van der Waals surface area contributed by atoms with E-state index in [2.05, 4.69) is 20.3 Å². The van der Waals surface area contributed by atoms with Crippen molar-refractivity contribution < 1.29 is 14.2 Å². The normalized spacial score (nSPS) is 25.3. The van der Waals surface area contributed by atoms with E-state index >= 15 is 0 Å². The number of piperidine rings is 1. The van der Waals surface area contributed by atoms with Gasteiger partial charge in [0.1, 0.15) is 11.9 Å². The van der Waals surface area contributed by atoms with Gasteiger partial charge in [-0.2, -0.15) is 0 Å². The maximum atomic E-state index is 15.0. The van der Waals surface area contributed by atoms with Crippen LogP contribution in [0.2, 0.25) is 0 Å². The van der Waals surface area contributed by atoms with Gasteiger partial charge >= 0.3 is 0 Å². The molecule has 0 amide bonds. The average molecular weight is 430 g/mol. The van der Waals surface area contributed by atoms with Gasteiger partial charge in [0, 0.05) is 23.9 Å². The van der Waals surface area contributed by atoms with Crippen LogP contribution in [0.1, 0.15) is 19.0 Å². The highest BCUT2D eigenvalue weighted by molar-refractivity contribution is 5.74. The predicted octanol–water partition coefficient (Wildman–Crippen LogP) is 4.33. The first kappa shape index (κ1) is 20.3. The average Bonchev–Trinajstić information content (AvgIpc) is 3.15. The zero-order valence-corrected chi connectivity index (χ0v) is 17.8. The summed E-state index contributed by atoms with van der Waals surface area (Å²) in [5.41, 5.74) is 3.47. The molecule has 3 atom stereocenters. The first-order chi connectivity index (χ1) is 15.4. The van der Waals surface area contributed by atoms with Gasteiger partial charge in [-0.1, -0.05) is 18.2 Å². The minimum atomic E-state index is -1.11. The van der Waals surface area contributed by atoms with Crippen LogP contribution in [0.3, 0.4) is 0 Å². The zero-order valence-electron chi connectivity index (χ0n) is 17.8. The van der Waals surface area contributed by atoms with Crippen molar-refractivity contribution in [1.82, 2.24) is 20.3 Å². The summed E-state index contributed by atoms with van der Waals surface area (Å²) in [5.74, 6) is 0.597. The molecule has 1 fully saturated rings. The number of nitrogens with zero attached hydrogens (tertiary/aromatic N) is 3. The molecule has 0 spiro atoms. The third-order valence-electron chi connectivity index (χ3n) is 6.03. The molecule has 1 aromatic carbocycles. The van der Waals surface area contributed by atoms with Gasteiger partial charge in [0.15, 0.2) is 0 Å². The maximum absolute atomic E-state index is 15.0. The molecular weight excluding hydrogens is 407 g/mol. The number of nitrogens with one attached hydrogen (secondary N) is 1. The SMILES string of the molecule is COc1cc(-c2ccc(-c3cnc(/C=C4\CC5C=C[C@](C)(N5)[C@@H]4F)cn3)c(O)c2)ccn1. The molecule has 5 rings (SSSR count). The van der Waals surface area contributed by atoms with Crippen LogP contribution in [-0.4, -0.2) is 44.9 Å². The molecule has 2 aromatic heterocycles. The number of hydrogen-bond acceptors (Lipinski definition) is 6. The molecule has 1 unspecified atom stereocenters. The molecule has 6 nitrogen and oxygen atoms in total. The Kier molecular flexibility index (Phi) is 4.98. The lowest BCUT2D eigenvalue weighted by Gasteiger charge is -2.36. The second-order valence-corrected chi connectivity index (χ2v) is 8.32. The summed E-state index contributed by atoms with van der Waals surface area (Å²) in [4.78, 5) is 13.0. The first-order valence-electron chi connectivity index (χ1n) is 10.4. The van der Waals surface area contributed by atoms with Gasteiger partial charge in [-0.3, -0.25) is 15.3 Å². The summed E-state index contributed by atoms with van der Waals surface area (Å²) in [7, 11) is 1.56. The molecule has 162 valence electrons. The molecule has 1 saturated heterocycles. The number of fused-ring (bicyclic) bond motifs is 2. The molecule has 2 aliphatic rings. The van der Waals surface area contributed by atoms with E-state index in [1.54, 1.807) is 50.0 Å². The maximum Gasteiger partial charge on any atom is 0.213 e. The van der Waals surface area contributed by atoms with Gasteiger partial charge in [0.25, 0.3) is 0 Å². The van der Waals surface area contributed by atoms with E-state index in [0.717, 1.165) is 11.1 Å². The van der Waals surface area contributed by atoms with E-state index in [9.17, 15) is 9.50 Å². The van der Waals surface area contributed by atoms with E-state index < -0.39 is 11.7 Å². The van der Waals surface area contributed by atoms with Crippen LogP contribution in [0.25, 0.3) is 28.5 Å². The van der Waals surface area contributed by atoms with Crippen LogP contribution in [0.4, 0.5) is 4.39 Å². The highest BCUT2D eigenvalue weighted by Gasteiger charge is 2.44. The number of phenols is 1. The fourth-order valence-corrected chi connectivity index (χ4v) is 4.33. The molecule has 0 saturated carbocycles. The number of pyridine rings is 1. The number of ether oxygens (including phenoxy) is 1. The lowest BCUT2D eigenvalue weighted by atomic mass is 9.86. The molecular formula is C25H23FN4O2. The fourth-order valence-electron chi connectivity index (χ4n) is 4.33. The smallest absolute Gasteiger partial charge is 0.213 e. The molecule has 0 radical (unpaired) electrons. The number of benzene rings is 1. The predicted molar refractivity (Wildman–Crippen MR) is 121 cm³/mol. The Bertz CT molecular complexity index is 1220. The molecule has 2 aliphatic heterocycles. The van der Waals surface area contributed by atoms with E-state index in [-0.39, 0.29) is 11.8 Å². The van der Waals surface area contributed by atoms with E-state index in [0.29, 0.717) is 34.8 Å². The summed E-state index contributed by atoms with van der Waals surface area (Å²) in [6.45, 7) is 1.87. The summed E-state index contributed by atoms with van der Waals surface area (Å²) in [5, 5.41) is 13.9. The van der Waals surface area contributed by atoms with Gasteiger partial charge in [-0.05, 0) is 54.3 Å². The van der Waals surface area contributed by atoms with Crippen molar-refractivity contribution >= 4 is 6.08 Å². The largest absolute Gasteiger partial charge is 0.507 e. The molecule has 0 aliphatic carbocycles. The Morgan fingerprint density at radius 1 is 1.16 bits per heavy atom. The summed E-state index contributed by atoms with van der Waals surface area (Å²) >= 11 is 0. The van der Waals surface area contributed by atoms with Crippen LogP contribution >= 0.6 is 0 Å². The van der Waals surface area contributed by atoms with Crippen LogP contribution in [0.15, 0.2) is 66.6 Å². The van der Waals surface area contributed by atoms with Crippen molar-refractivity contribution in [2.75, 3.05) is 7.11 Å². The quantitative estimate of drug-likeness (QED) is 0.600. The number of phenolic OH excluding ortho intramolecular Hbond substituents is 1. The van der Waals surface area contributed by atoms with Crippen molar-refractivity contribution in [3.63, 3.8) is 0 Å². The summed E-state index contributed by atoms with van der Waals surface area (Å²) < 4.78 is 20.1. The lowest BCUT2D eigenvalue weighted by molar-refractivity contribution is 0.210. The van der Waals surface area contributed by atoms with Gasteiger partial charge in [0.2, 0.25) is 5.88 Å². The van der Waals surface area contributed by atoms with Gasteiger partial charge in [0.05, 0.1) is 36.4 Å². The second kappa shape index (κ2) is 7.84. The summed E-state index contributed by atoms with van der Waals surface area (Å²) in [6, 6.07) is 9.18. The van der Waals surface area contributed by atoms with Crippen LogP contribution in [0, 0.1) is 0 Å². The third kappa shape index (κ3) is 3.65. The minimum Gasteiger partial charge on any atom is -0.507 e. The Balaban J connectivity index is 1.38. The van der Waals surface area contributed by atoms with Crippen molar-refractivity contribution in [2.45, 2.75) is 31.1 Å². The third-order valence-corrected chi connectivity index (χ3v) is 6.03. The van der Waals surface area contributed by atoms with Crippen molar-refractivity contribution in [3.05, 3.63) is 72.3 Å². The molecule has 2 N–H and O–H groups in total. The minimum absolute atomic E-state index is 0.0939. The molecule has 3 aromatic rings. The second-order valence-electron chi connectivity index (χ2n) is 8.32. The Hall–Kier alpha value is -3.58. The topological polar surface area (TPSA) is 80.2 Å². The number of methoxy groups -OCH3 is 1. The lowest BCUT2D eigenvalue weighted by Crippen LogP contribution is -2.53. The van der Waals surface area contributed by atoms with Crippen molar-refractivity contribution in [3.8, 4) is 34.0 Å². The Labute approximate surface area is 185 Å². The first-order valence-corrected chi connectivity index (χ1v) is 10.4. The van der Waals surface area contributed by atoms with Crippen molar-refractivity contribution in [2.24, 2.45) is 0 Å². The summed E-state index contributed by atoms with van der Waals surface area (Å²) in [6.07, 6.45) is 10.1. The number of hydrogen-bond donors (Lipinski definition) is 2. The highest BCUT2D eigenvalue weighted by Crippen LogP contribution is 2.37. The van der Waals surface area contributed by atoms with E-state index in [4.69, 9.17) is 4.74 Å². The number of alkyl halides is 1. The number of aromatic nitrogens is 3. The standard InChI is InChI=1S/C25H23FN4O2/c1-25-7-5-18(30-25)9-17(24(25)26)10-19-13-29-21(14-28-19)20-4-3-15(11-22(20)31)16-6-8-27-23(12-16)32-2/h3-8,10-14,18,24,30-31H,9H2,1-2H3/b17-10+/t18?,24-,25+/m1/s1. The van der Waals surface area contributed by atoms with Crippen LogP contribution in [0.5, 0.6) is 11.6 Å².